The van der Waals surface area contributed by atoms with E-state index in [0.717, 1.165) is 22.0 Å². The lowest BCUT2D eigenvalue weighted by Gasteiger charge is -1.99. The highest BCUT2D eigenvalue weighted by Crippen LogP contribution is 2.27. The number of carboxylic acids is 1. The topological polar surface area (TPSA) is 63.1 Å². The van der Waals surface area contributed by atoms with Gasteiger partial charge in [0.1, 0.15) is 0 Å². The highest BCUT2D eigenvalue weighted by Gasteiger charge is 2.10. The van der Waals surface area contributed by atoms with Crippen LogP contribution in [0.3, 0.4) is 0 Å². The van der Waals surface area contributed by atoms with Crippen LogP contribution in [-0.4, -0.2) is 21.3 Å². The molecule has 1 N–H and O–H groups in total. The van der Waals surface area contributed by atoms with Crippen molar-refractivity contribution in [3.8, 4) is 11.3 Å². The van der Waals surface area contributed by atoms with Gasteiger partial charge in [0, 0.05) is 5.56 Å². The maximum atomic E-state index is 11.0. The third-order valence-corrected chi connectivity index (χ3v) is 2.75. The van der Waals surface area contributed by atoms with Crippen molar-refractivity contribution >= 4 is 16.7 Å². The molecule has 1 aliphatic carbocycles. The molecular formula is C13H8N2O2. The number of hydrogen-bond acceptors (Lipinski definition) is 3. The third-order valence-electron chi connectivity index (χ3n) is 2.75. The summed E-state index contributed by atoms with van der Waals surface area (Å²) in [6.45, 7) is 0. The van der Waals surface area contributed by atoms with Gasteiger partial charge < -0.3 is 5.11 Å². The van der Waals surface area contributed by atoms with Gasteiger partial charge in [0.05, 0.1) is 17.5 Å². The number of carbonyl (C=O) groups is 1. The van der Waals surface area contributed by atoms with Crippen LogP contribution in [0.1, 0.15) is 10.4 Å². The number of carboxylic acid groups (broad SMARTS) is 1. The summed E-state index contributed by atoms with van der Waals surface area (Å²) in [5.41, 5.74) is 1.90. The molecule has 1 aromatic carbocycles. The largest absolute Gasteiger partial charge is 0.478 e. The molecule has 0 unspecified atom stereocenters. The molecule has 1 aromatic rings. The lowest BCUT2D eigenvalue weighted by molar-refractivity contribution is 0.0697. The summed E-state index contributed by atoms with van der Waals surface area (Å²) in [6.07, 6.45) is 1.66. The van der Waals surface area contributed by atoms with E-state index < -0.39 is 5.97 Å². The molecular weight excluding hydrogens is 216 g/mol. The molecule has 1 heterocycles. The molecule has 17 heavy (non-hydrogen) atoms. The van der Waals surface area contributed by atoms with Gasteiger partial charge >= 0.3 is 5.97 Å². The molecule has 0 fully saturated rings. The normalized spacial score (nSPS) is 10.8. The summed E-state index contributed by atoms with van der Waals surface area (Å²) < 4.78 is 0. The summed E-state index contributed by atoms with van der Waals surface area (Å²) in [5, 5.41) is 18.7. The molecule has 3 rings (SSSR count). The summed E-state index contributed by atoms with van der Waals surface area (Å²) in [6, 6.07) is 10.7. The molecule has 0 aromatic heterocycles. The second-order valence-electron chi connectivity index (χ2n) is 3.78. The molecule has 0 spiro atoms. The van der Waals surface area contributed by atoms with Gasteiger partial charge in [-0.25, -0.2) is 4.79 Å². The van der Waals surface area contributed by atoms with Crippen LogP contribution in [0.5, 0.6) is 0 Å². The number of fused-ring (bicyclic) bond motifs is 3. The minimum atomic E-state index is -0.931. The van der Waals surface area contributed by atoms with Gasteiger partial charge in [-0.05, 0) is 29.0 Å². The zero-order valence-electron chi connectivity index (χ0n) is 8.79. The molecule has 0 radical (unpaired) electrons. The van der Waals surface area contributed by atoms with Gasteiger partial charge in [-0.1, -0.05) is 18.2 Å². The lowest BCUT2D eigenvalue weighted by Crippen LogP contribution is -1.95. The summed E-state index contributed by atoms with van der Waals surface area (Å²) in [5.74, 6) is -0.931. The third kappa shape index (κ3) is 1.50. The van der Waals surface area contributed by atoms with Crippen molar-refractivity contribution in [2.45, 2.75) is 0 Å². The van der Waals surface area contributed by atoms with Crippen LogP contribution < -0.4 is 0 Å². The van der Waals surface area contributed by atoms with Gasteiger partial charge in [-0.2, -0.15) is 10.2 Å². The first kappa shape index (κ1) is 9.72. The van der Waals surface area contributed by atoms with Crippen molar-refractivity contribution in [2.75, 3.05) is 0 Å². The highest BCUT2D eigenvalue weighted by atomic mass is 16.4. The predicted molar refractivity (Wildman–Crippen MR) is 63.1 cm³/mol. The average Bonchev–Trinajstić information content (AvgIpc) is 2.71. The van der Waals surface area contributed by atoms with Crippen LogP contribution in [0.4, 0.5) is 0 Å². The quantitative estimate of drug-likeness (QED) is 0.689. The summed E-state index contributed by atoms with van der Waals surface area (Å²) >= 11 is 0. The van der Waals surface area contributed by atoms with Crippen molar-refractivity contribution in [2.24, 2.45) is 0 Å². The van der Waals surface area contributed by atoms with E-state index in [9.17, 15) is 4.79 Å². The van der Waals surface area contributed by atoms with Crippen LogP contribution in [-0.2, 0) is 0 Å². The Bertz CT molecular complexity index is 694. The van der Waals surface area contributed by atoms with Crippen molar-refractivity contribution in [3.63, 3.8) is 0 Å². The van der Waals surface area contributed by atoms with Crippen LogP contribution in [0, 0.1) is 0 Å². The Labute approximate surface area is 96.9 Å². The average molecular weight is 224 g/mol. The van der Waals surface area contributed by atoms with E-state index in [0.29, 0.717) is 0 Å². The number of hydrogen-bond donors (Lipinski definition) is 1. The van der Waals surface area contributed by atoms with Crippen molar-refractivity contribution in [3.05, 3.63) is 48.2 Å². The Hall–Kier alpha value is -2.49. The number of aromatic nitrogens is 2. The zero-order valence-corrected chi connectivity index (χ0v) is 8.79. The van der Waals surface area contributed by atoms with E-state index in [1.807, 2.05) is 18.2 Å². The molecule has 4 nitrogen and oxygen atoms in total. The molecule has 0 saturated heterocycles. The van der Waals surface area contributed by atoms with Gasteiger partial charge in [0.15, 0.2) is 0 Å². The fraction of sp³-hybridized carbons (Fsp3) is 0. The minimum absolute atomic E-state index is 0.270. The SMILES string of the molecule is O=C(O)c1ccc2cccc3nncc-3c2c1. The van der Waals surface area contributed by atoms with Crippen LogP contribution in [0.2, 0.25) is 0 Å². The number of aromatic carboxylic acids is 1. The van der Waals surface area contributed by atoms with Gasteiger partial charge in [-0.15, -0.1) is 0 Å². The Kier molecular flexibility index (Phi) is 2.01. The summed E-state index contributed by atoms with van der Waals surface area (Å²) in [4.78, 5) is 11.0. The fourth-order valence-corrected chi connectivity index (χ4v) is 1.91. The Morgan fingerprint density at radius 3 is 2.88 bits per heavy atom. The molecule has 0 amide bonds. The molecule has 0 bridgehead atoms. The Morgan fingerprint density at radius 2 is 2.06 bits per heavy atom. The smallest absolute Gasteiger partial charge is 0.335 e. The monoisotopic (exact) mass is 224 g/mol. The number of nitrogens with zero attached hydrogens (tertiary/aromatic N) is 2. The first-order chi connectivity index (χ1) is 8.25. The zero-order chi connectivity index (χ0) is 11.8. The van der Waals surface area contributed by atoms with Gasteiger partial charge in [0.25, 0.3) is 0 Å². The molecule has 2 aliphatic rings. The fourth-order valence-electron chi connectivity index (χ4n) is 1.91. The standard InChI is InChI=1S/C13H8N2O2/c16-13(17)9-5-4-8-2-1-3-12-11(7-14-15-12)10(8)6-9/h1-7H,(H,16,17). The van der Waals surface area contributed by atoms with E-state index in [-0.39, 0.29) is 5.56 Å². The van der Waals surface area contributed by atoms with E-state index in [1.165, 1.54) is 0 Å². The molecule has 82 valence electrons. The second-order valence-corrected chi connectivity index (χ2v) is 3.78. The first-order valence-electron chi connectivity index (χ1n) is 5.13. The first-order valence-corrected chi connectivity index (χ1v) is 5.13. The van der Waals surface area contributed by atoms with Crippen molar-refractivity contribution in [1.29, 1.82) is 0 Å². The second kappa shape index (κ2) is 3.52. The number of benzene rings is 1. The van der Waals surface area contributed by atoms with Crippen molar-refractivity contribution in [1.82, 2.24) is 10.2 Å². The van der Waals surface area contributed by atoms with Crippen LogP contribution >= 0.6 is 0 Å². The summed E-state index contributed by atoms with van der Waals surface area (Å²) in [7, 11) is 0. The Morgan fingerprint density at radius 1 is 1.18 bits per heavy atom. The van der Waals surface area contributed by atoms with E-state index in [4.69, 9.17) is 5.11 Å². The van der Waals surface area contributed by atoms with Crippen molar-refractivity contribution < 1.29 is 9.90 Å². The maximum absolute atomic E-state index is 11.0. The van der Waals surface area contributed by atoms with Gasteiger partial charge in [0.2, 0.25) is 0 Å². The van der Waals surface area contributed by atoms with E-state index in [1.54, 1.807) is 24.4 Å². The molecule has 0 atom stereocenters. The molecule has 4 heteroatoms. The molecule has 1 aliphatic heterocycles. The van der Waals surface area contributed by atoms with E-state index in [2.05, 4.69) is 10.2 Å². The lowest BCUT2D eigenvalue weighted by atomic mass is 10.1. The van der Waals surface area contributed by atoms with Crippen LogP contribution in [0.25, 0.3) is 22.0 Å². The van der Waals surface area contributed by atoms with Crippen LogP contribution in [0.15, 0.2) is 42.6 Å². The Balaban J connectivity index is 2.43. The van der Waals surface area contributed by atoms with Gasteiger partial charge in [-0.3, -0.25) is 0 Å². The van der Waals surface area contributed by atoms with E-state index >= 15 is 0 Å². The maximum Gasteiger partial charge on any atom is 0.335 e. The predicted octanol–water partition coefficient (Wildman–Crippen LogP) is 2.43. The minimum Gasteiger partial charge on any atom is -0.478 e. The molecule has 0 saturated carbocycles. The highest BCUT2D eigenvalue weighted by molar-refractivity contribution is 6.00. The number of rotatable bonds is 1.